The van der Waals surface area contributed by atoms with Crippen LogP contribution in [0.5, 0.6) is 11.5 Å². The van der Waals surface area contributed by atoms with Gasteiger partial charge in [-0.25, -0.2) is 9.97 Å². The molecule has 1 N–H and O–H groups in total. The van der Waals surface area contributed by atoms with Gasteiger partial charge in [-0.2, -0.15) is 13.2 Å². The maximum Gasteiger partial charge on any atom is 0.433 e. The van der Waals surface area contributed by atoms with Crippen LogP contribution in [0.2, 0.25) is 5.02 Å². The summed E-state index contributed by atoms with van der Waals surface area (Å²) in [5, 5.41) is 5.98. The van der Waals surface area contributed by atoms with Crippen LogP contribution in [0.3, 0.4) is 0 Å². The molecule has 0 bridgehead atoms. The second kappa shape index (κ2) is 8.17. The molecular weight excluding hydrogens is 399 g/mol. The van der Waals surface area contributed by atoms with Crippen molar-refractivity contribution in [3.63, 3.8) is 0 Å². The summed E-state index contributed by atoms with van der Waals surface area (Å²) in [7, 11) is 0. The molecule has 0 saturated heterocycles. The molecule has 0 aromatic carbocycles. The van der Waals surface area contributed by atoms with Crippen molar-refractivity contribution in [3.8, 4) is 11.5 Å². The van der Waals surface area contributed by atoms with Crippen LogP contribution in [0.15, 0.2) is 54.1 Å². The van der Waals surface area contributed by atoms with Crippen molar-refractivity contribution in [3.05, 3.63) is 70.1 Å². The molecule has 144 valence electrons. The molecule has 0 saturated carbocycles. The normalized spacial score (nSPS) is 11.1. The lowest BCUT2D eigenvalue weighted by atomic mass is 10.2. The van der Waals surface area contributed by atoms with Gasteiger partial charge in [-0.3, -0.25) is 4.98 Å². The molecule has 0 aliphatic carbocycles. The minimum atomic E-state index is -4.47. The van der Waals surface area contributed by atoms with Crippen molar-refractivity contribution in [1.82, 2.24) is 15.0 Å². The monoisotopic (exact) mass is 409 g/mol. The van der Waals surface area contributed by atoms with E-state index in [1.807, 2.05) is 0 Å². The van der Waals surface area contributed by atoms with E-state index < -0.39 is 11.9 Å². The summed E-state index contributed by atoms with van der Waals surface area (Å²) in [4.78, 5) is 22.0. The highest BCUT2D eigenvalue weighted by atomic mass is 35.5. The molecule has 0 fully saturated rings. The van der Waals surface area contributed by atoms with E-state index in [4.69, 9.17) is 16.3 Å². The lowest BCUT2D eigenvalue weighted by Gasteiger charge is -2.09. The van der Waals surface area contributed by atoms with Gasteiger partial charge in [0.2, 0.25) is 5.82 Å². The topological polar surface area (TPSA) is 89.4 Å². The summed E-state index contributed by atoms with van der Waals surface area (Å²) in [6.07, 6.45) is -0.663. The van der Waals surface area contributed by atoms with Crippen molar-refractivity contribution < 1.29 is 17.9 Å². The molecule has 28 heavy (non-hydrogen) atoms. The molecule has 7 nitrogen and oxygen atoms in total. The van der Waals surface area contributed by atoms with Crippen molar-refractivity contribution >= 4 is 23.2 Å². The number of pyridine rings is 3. The van der Waals surface area contributed by atoms with Gasteiger partial charge in [-0.05, 0) is 28.9 Å². The highest BCUT2D eigenvalue weighted by molar-refractivity contribution is 6.30. The van der Waals surface area contributed by atoms with E-state index in [0.717, 1.165) is 12.3 Å². The van der Waals surface area contributed by atoms with E-state index in [1.165, 1.54) is 24.5 Å². The summed E-state index contributed by atoms with van der Waals surface area (Å²) in [5.74, 6) is 0.711. The highest BCUT2D eigenvalue weighted by Gasteiger charge is 2.31. The summed E-state index contributed by atoms with van der Waals surface area (Å²) < 4.78 is 43.0. The Morgan fingerprint density at radius 2 is 1.89 bits per heavy atom. The van der Waals surface area contributed by atoms with Gasteiger partial charge in [-0.15, -0.1) is 4.91 Å². The fourth-order valence-corrected chi connectivity index (χ4v) is 2.27. The lowest BCUT2D eigenvalue weighted by Crippen LogP contribution is -2.08. The third-order valence-corrected chi connectivity index (χ3v) is 3.65. The zero-order valence-corrected chi connectivity index (χ0v) is 14.7. The van der Waals surface area contributed by atoms with E-state index in [-0.39, 0.29) is 23.1 Å². The predicted octanol–water partition coefficient (Wildman–Crippen LogP) is 5.35. The molecule has 11 heteroatoms. The Kier molecular flexibility index (Phi) is 5.69. The number of aromatic nitrogens is 3. The number of halogens is 4. The van der Waals surface area contributed by atoms with Gasteiger partial charge in [0.05, 0.1) is 11.2 Å². The Morgan fingerprint density at radius 1 is 1.07 bits per heavy atom. The molecule has 3 aromatic heterocycles. The van der Waals surface area contributed by atoms with E-state index in [9.17, 15) is 18.1 Å². The lowest BCUT2D eigenvalue weighted by molar-refractivity contribution is -0.141. The number of nitroso groups, excluding NO2 is 1. The summed E-state index contributed by atoms with van der Waals surface area (Å²) in [5.41, 5.74) is -0.391. The number of alkyl halides is 3. The Balaban J connectivity index is 1.62. The van der Waals surface area contributed by atoms with Gasteiger partial charge in [0, 0.05) is 25.0 Å². The van der Waals surface area contributed by atoms with Crippen LogP contribution in [0.25, 0.3) is 0 Å². The first-order valence-corrected chi connectivity index (χ1v) is 8.12. The van der Waals surface area contributed by atoms with Crippen LogP contribution in [-0.2, 0) is 12.7 Å². The fraction of sp³-hybridized carbons (Fsp3) is 0.118. The number of nitrogens with zero attached hydrogens (tertiary/aromatic N) is 4. The molecule has 3 aromatic rings. The Hall–Kier alpha value is -3.27. The van der Waals surface area contributed by atoms with Crippen molar-refractivity contribution in [1.29, 1.82) is 0 Å². The van der Waals surface area contributed by atoms with Gasteiger partial charge in [-0.1, -0.05) is 17.7 Å². The number of hydrogen-bond acceptors (Lipinski definition) is 7. The van der Waals surface area contributed by atoms with Crippen LogP contribution >= 0.6 is 11.6 Å². The Labute approximate surface area is 161 Å². The van der Waals surface area contributed by atoms with E-state index >= 15 is 0 Å². The molecule has 0 aliphatic rings. The SMILES string of the molecule is O=Nc1ncc(Cl)cc1Oc1ccc(NCc2ccc(C(F)(F)F)nc2)nc1. The zero-order valence-electron chi connectivity index (χ0n) is 13.9. The molecule has 0 unspecified atom stereocenters. The molecule has 0 aliphatic heterocycles. The van der Waals surface area contributed by atoms with Crippen molar-refractivity contribution in [2.45, 2.75) is 12.7 Å². The fourth-order valence-electron chi connectivity index (χ4n) is 2.12. The molecule has 3 heterocycles. The molecule has 0 atom stereocenters. The second-order valence-electron chi connectivity index (χ2n) is 5.45. The third kappa shape index (κ3) is 4.92. The molecule has 0 spiro atoms. The average Bonchev–Trinajstić information content (AvgIpc) is 2.67. The first-order valence-electron chi connectivity index (χ1n) is 7.74. The number of nitrogens with one attached hydrogen (secondary N) is 1. The first-order chi connectivity index (χ1) is 13.3. The maximum atomic E-state index is 12.5. The van der Waals surface area contributed by atoms with Crippen LogP contribution in [0.1, 0.15) is 11.3 Å². The number of rotatable bonds is 6. The van der Waals surface area contributed by atoms with Gasteiger partial charge < -0.3 is 10.1 Å². The van der Waals surface area contributed by atoms with Crippen LogP contribution < -0.4 is 10.1 Å². The Morgan fingerprint density at radius 3 is 2.50 bits per heavy atom. The van der Waals surface area contributed by atoms with Gasteiger partial charge in [0.1, 0.15) is 17.3 Å². The van der Waals surface area contributed by atoms with Crippen LogP contribution in [0.4, 0.5) is 24.8 Å². The van der Waals surface area contributed by atoms with Crippen molar-refractivity contribution in [2.75, 3.05) is 5.32 Å². The largest absolute Gasteiger partial charge is 0.452 e. The van der Waals surface area contributed by atoms with Gasteiger partial charge >= 0.3 is 6.18 Å². The smallest absolute Gasteiger partial charge is 0.433 e. The summed E-state index contributed by atoms with van der Waals surface area (Å²) >= 11 is 5.82. The molecule has 0 amide bonds. The van der Waals surface area contributed by atoms with E-state index in [1.54, 1.807) is 12.1 Å². The molecule has 0 radical (unpaired) electrons. The van der Waals surface area contributed by atoms with Crippen LogP contribution in [-0.4, -0.2) is 15.0 Å². The van der Waals surface area contributed by atoms with E-state index in [2.05, 4.69) is 25.4 Å². The van der Waals surface area contributed by atoms with Crippen molar-refractivity contribution in [2.24, 2.45) is 5.18 Å². The third-order valence-electron chi connectivity index (χ3n) is 3.44. The number of hydrogen-bond donors (Lipinski definition) is 1. The summed E-state index contributed by atoms with van der Waals surface area (Å²) in [6, 6.07) is 6.82. The Bertz CT molecular complexity index is 966. The van der Waals surface area contributed by atoms with E-state index in [0.29, 0.717) is 17.1 Å². The van der Waals surface area contributed by atoms with Gasteiger partial charge in [0.15, 0.2) is 5.75 Å². The zero-order chi connectivity index (χ0) is 20.1. The minimum absolute atomic E-state index is 0.0841. The first kappa shape index (κ1) is 19.5. The summed E-state index contributed by atoms with van der Waals surface area (Å²) in [6.45, 7) is 0.232. The molecular formula is C17H11ClF3N5O2. The standard InChI is InChI=1S/C17H11ClF3N5O2/c18-11-5-13(16(26-27)25-8-11)28-12-2-4-15(24-9-12)23-7-10-1-3-14(22-6-10)17(19,20)21/h1-6,8-9H,7H2,(H,23,24). The number of anilines is 1. The minimum Gasteiger partial charge on any atom is -0.452 e. The number of ether oxygens (including phenoxy) is 1. The quantitative estimate of drug-likeness (QED) is 0.552. The van der Waals surface area contributed by atoms with Gasteiger partial charge in [0.25, 0.3) is 0 Å². The average molecular weight is 410 g/mol. The van der Waals surface area contributed by atoms with Crippen LogP contribution in [0, 0.1) is 4.91 Å². The highest BCUT2D eigenvalue weighted by Crippen LogP contribution is 2.32. The maximum absolute atomic E-state index is 12.5. The predicted molar refractivity (Wildman–Crippen MR) is 95.6 cm³/mol. The molecule has 3 rings (SSSR count). The second-order valence-corrected chi connectivity index (χ2v) is 5.89.